The van der Waals surface area contributed by atoms with Gasteiger partial charge in [0.05, 0.1) is 0 Å². The highest BCUT2D eigenvalue weighted by molar-refractivity contribution is 5.92. The zero-order valence-corrected chi connectivity index (χ0v) is 19.1. The number of rotatable bonds is 8. The molecule has 5 nitrogen and oxygen atoms in total. The summed E-state index contributed by atoms with van der Waals surface area (Å²) in [6, 6.07) is 27.2. The van der Waals surface area contributed by atoms with Crippen molar-refractivity contribution >= 4 is 11.8 Å². The first-order valence-corrected chi connectivity index (χ1v) is 10.8. The molecule has 0 radical (unpaired) electrons. The van der Waals surface area contributed by atoms with Crippen LogP contribution < -0.4 is 10.6 Å². The summed E-state index contributed by atoms with van der Waals surface area (Å²) in [6.07, 6.45) is 0.440. The molecule has 0 spiro atoms. The summed E-state index contributed by atoms with van der Waals surface area (Å²) in [5.41, 5.74) is 3.07. The van der Waals surface area contributed by atoms with Gasteiger partial charge in [0.1, 0.15) is 11.6 Å². The molecule has 0 aliphatic rings. The average Bonchev–Trinajstić information content (AvgIpc) is 2.86. The number of carbonyl (C=O) groups is 2. The van der Waals surface area contributed by atoms with Crippen molar-refractivity contribution < 1.29 is 9.59 Å². The van der Waals surface area contributed by atoms with Crippen LogP contribution in [0.1, 0.15) is 18.1 Å². The van der Waals surface area contributed by atoms with Crippen LogP contribution in [0.15, 0.2) is 84.9 Å². The highest BCUT2D eigenvalue weighted by atomic mass is 16.2. The molecule has 3 aromatic rings. The lowest BCUT2D eigenvalue weighted by atomic mass is 9.88. The van der Waals surface area contributed by atoms with Crippen molar-refractivity contribution in [2.45, 2.75) is 24.9 Å². The molecule has 166 valence electrons. The molecule has 0 fully saturated rings. The van der Waals surface area contributed by atoms with Crippen LogP contribution in [0.4, 0.5) is 0 Å². The van der Waals surface area contributed by atoms with E-state index in [2.05, 4.69) is 22.8 Å². The maximum Gasteiger partial charge on any atom is 0.247 e. The van der Waals surface area contributed by atoms with Crippen LogP contribution in [0.5, 0.6) is 0 Å². The lowest BCUT2D eigenvalue weighted by Gasteiger charge is -2.36. The van der Waals surface area contributed by atoms with Gasteiger partial charge in [-0.15, -0.1) is 0 Å². The van der Waals surface area contributed by atoms with Crippen molar-refractivity contribution in [1.29, 1.82) is 0 Å². The molecule has 0 bridgehead atoms. The Balaban J connectivity index is 1.88. The maximum absolute atomic E-state index is 13.7. The van der Waals surface area contributed by atoms with Gasteiger partial charge in [-0.2, -0.15) is 0 Å². The van der Waals surface area contributed by atoms with E-state index in [1.54, 1.807) is 26.0 Å². The van der Waals surface area contributed by atoms with Gasteiger partial charge < -0.3 is 15.5 Å². The first-order chi connectivity index (χ1) is 15.4. The third-order valence-corrected chi connectivity index (χ3v) is 6.11. The van der Waals surface area contributed by atoms with Crippen LogP contribution >= 0.6 is 0 Å². The molecule has 2 N–H and O–H groups in total. The van der Waals surface area contributed by atoms with Crippen molar-refractivity contribution in [2.24, 2.45) is 0 Å². The molecule has 2 amide bonds. The van der Waals surface area contributed by atoms with E-state index < -0.39 is 11.6 Å². The molecule has 0 saturated carbocycles. The van der Waals surface area contributed by atoms with Gasteiger partial charge in [-0.1, -0.05) is 84.9 Å². The fraction of sp³-hybridized carbons (Fsp3) is 0.259. The van der Waals surface area contributed by atoms with Gasteiger partial charge in [0.15, 0.2) is 0 Å². The van der Waals surface area contributed by atoms with Crippen molar-refractivity contribution in [3.8, 4) is 11.1 Å². The van der Waals surface area contributed by atoms with Crippen LogP contribution in [-0.4, -0.2) is 43.9 Å². The second-order valence-electron chi connectivity index (χ2n) is 8.05. The first kappa shape index (κ1) is 23.2. The fourth-order valence-electron chi connectivity index (χ4n) is 3.91. The summed E-state index contributed by atoms with van der Waals surface area (Å²) in [4.78, 5) is 27.9. The van der Waals surface area contributed by atoms with Gasteiger partial charge in [0.25, 0.3) is 0 Å². The molecule has 32 heavy (non-hydrogen) atoms. The molecule has 0 aliphatic carbocycles. The van der Waals surface area contributed by atoms with E-state index in [4.69, 9.17) is 0 Å². The Labute approximate surface area is 190 Å². The van der Waals surface area contributed by atoms with E-state index in [0.29, 0.717) is 6.42 Å². The van der Waals surface area contributed by atoms with Gasteiger partial charge in [-0.05, 0) is 36.2 Å². The Morgan fingerprint density at radius 3 is 1.91 bits per heavy atom. The molecule has 0 heterocycles. The van der Waals surface area contributed by atoms with Crippen LogP contribution in [-0.2, 0) is 21.5 Å². The molecule has 1 unspecified atom stereocenters. The second kappa shape index (κ2) is 10.2. The summed E-state index contributed by atoms with van der Waals surface area (Å²) >= 11 is 0. The molecular weight excluding hydrogens is 398 g/mol. The minimum atomic E-state index is -0.979. The van der Waals surface area contributed by atoms with Crippen molar-refractivity contribution in [3.05, 3.63) is 96.1 Å². The third-order valence-electron chi connectivity index (χ3n) is 6.11. The summed E-state index contributed by atoms with van der Waals surface area (Å²) < 4.78 is 0. The number of nitrogens with one attached hydrogen (secondary N) is 2. The van der Waals surface area contributed by atoms with Crippen LogP contribution in [0.25, 0.3) is 11.1 Å². The zero-order chi connectivity index (χ0) is 23.1. The highest BCUT2D eigenvalue weighted by Gasteiger charge is 2.39. The number of amides is 2. The van der Waals surface area contributed by atoms with Gasteiger partial charge >= 0.3 is 0 Å². The van der Waals surface area contributed by atoms with E-state index in [1.807, 2.05) is 79.7 Å². The number of carbonyl (C=O) groups excluding carboxylic acids is 2. The van der Waals surface area contributed by atoms with Gasteiger partial charge in [-0.3, -0.25) is 9.59 Å². The smallest absolute Gasteiger partial charge is 0.247 e. The minimum Gasteiger partial charge on any atom is -0.357 e. The fourth-order valence-corrected chi connectivity index (χ4v) is 3.91. The second-order valence-corrected chi connectivity index (χ2v) is 8.05. The Morgan fingerprint density at radius 1 is 0.844 bits per heavy atom. The number of benzene rings is 3. The molecule has 3 aromatic carbocycles. The molecule has 5 heteroatoms. The number of hydrogen-bond donors (Lipinski definition) is 2. The maximum atomic E-state index is 13.7. The topological polar surface area (TPSA) is 61.4 Å². The van der Waals surface area contributed by atoms with Crippen LogP contribution in [0.2, 0.25) is 0 Å². The minimum absolute atomic E-state index is 0.169. The molecule has 0 aromatic heterocycles. The van der Waals surface area contributed by atoms with E-state index in [-0.39, 0.29) is 11.8 Å². The number of likely N-dealkylation sites (N-methyl/N-ethyl adjacent to an activating group) is 3. The Kier molecular flexibility index (Phi) is 7.44. The van der Waals surface area contributed by atoms with E-state index >= 15 is 0 Å². The predicted octanol–water partition coefficient (Wildman–Crippen LogP) is 3.60. The molecular formula is C27H31N3O2. The normalized spacial score (nSPS) is 13.6. The lowest BCUT2D eigenvalue weighted by Crippen LogP contribution is -2.57. The summed E-state index contributed by atoms with van der Waals surface area (Å²) in [5.74, 6) is -0.362. The molecule has 0 aliphatic heterocycles. The van der Waals surface area contributed by atoms with E-state index in [9.17, 15) is 9.59 Å². The Hall–Kier alpha value is -3.44. The van der Waals surface area contributed by atoms with E-state index in [1.165, 1.54) is 0 Å². The Bertz CT molecular complexity index is 1040. The van der Waals surface area contributed by atoms with Crippen LogP contribution in [0.3, 0.4) is 0 Å². The number of nitrogens with zero attached hydrogens (tertiary/aromatic N) is 1. The Morgan fingerprint density at radius 2 is 1.38 bits per heavy atom. The highest BCUT2D eigenvalue weighted by Crippen LogP contribution is 2.27. The van der Waals surface area contributed by atoms with Crippen LogP contribution in [0, 0.1) is 0 Å². The van der Waals surface area contributed by atoms with Gasteiger partial charge in [0.2, 0.25) is 11.8 Å². The van der Waals surface area contributed by atoms with Gasteiger partial charge in [0, 0.05) is 20.5 Å². The SMILES string of the molecule is CNC(=O)[C@@H](Cc1ccccc1)N(C)C(=O)C(C)(NC)c1ccc(-c2ccccc2)cc1. The third kappa shape index (κ3) is 4.89. The monoisotopic (exact) mass is 429 g/mol. The summed E-state index contributed by atoms with van der Waals surface area (Å²) in [5, 5.41) is 5.89. The number of hydrogen-bond acceptors (Lipinski definition) is 3. The molecule has 3 rings (SSSR count). The van der Waals surface area contributed by atoms with Gasteiger partial charge in [-0.25, -0.2) is 0 Å². The lowest BCUT2D eigenvalue weighted by molar-refractivity contribution is -0.143. The zero-order valence-electron chi connectivity index (χ0n) is 19.1. The largest absolute Gasteiger partial charge is 0.357 e. The molecule has 0 saturated heterocycles. The van der Waals surface area contributed by atoms with Crippen molar-refractivity contribution in [2.75, 3.05) is 21.1 Å². The standard InChI is InChI=1S/C27H31N3O2/c1-27(29-3,23-17-15-22(16-18-23)21-13-9-6-10-14-21)26(32)30(4)24(25(31)28-2)19-20-11-7-5-8-12-20/h5-18,24,29H,19H2,1-4H3,(H,28,31)/t24-,27?/m1/s1. The predicted molar refractivity (Wildman–Crippen MR) is 129 cm³/mol. The van der Waals surface area contributed by atoms with Crippen molar-refractivity contribution in [1.82, 2.24) is 15.5 Å². The van der Waals surface area contributed by atoms with E-state index in [0.717, 1.165) is 22.3 Å². The van der Waals surface area contributed by atoms with Crippen molar-refractivity contribution in [3.63, 3.8) is 0 Å². The molecule has 2 atom stereocenters. The quantitative estimate of drug-likeness (QED) is 0.575. The summed E-state index contributed by atoms with van der Waals surface area (Å²) in [6.45, 7) is 1.85. The average molecular weight is 430 g/mol. The summed E-state index contributed by atoms with van der Waals surface area (Å²) in [7, 11) is 5.06. The first-order valence-electron chi connectivity index (χ1n) is 10.8.